The molecule has 1 N–H and O–H groups in total. The van der Waals surface area contributed by atoms with Crippen LogP contribution in [0.4, 0.5) is 0 Å². The molecule has 1 amide bonds. The summed E-state index contributed by atoms with van der Waals surface area (Å²) in [5, 5.41) is 16.2. The average molecular weight is 338 g/mol. The molecular formula is C20H26N4O. The van der Waals surface area contributed by atoms with Crippen LogP contribution in [0.5, 0.6) is 0 Å². The summed E-state index contributed by atoms with van der Waals surface area (Å²) in [5.41, 5.74) is 4.34. The SMILES string of the molecule is Cc1nn(CCC#N)c(C)c1CCC(=O)NCC(C)c1ccccc1. The van der Waals surface area contributed by atoms with Crippen molar-refractivity contribution in [2.45, 2.75) is 52.5 Å². The van der Waals surface area contributed by atoms with Crippen LogP contribution in [0.15, 0.2) is 30.3 Å². The third-order valence-electron chi connectivity index (χ3n) is 4.54. The highest BCUT2D eigenvalue weighted by Gasteiger charge is 2.13. The first-order chi connectivity index (χ1) is 12.0. The first kappa shape index (κ1) is 18.7. The van der Waals surface area contributed by atoms with Crippen LogP contribution >= 0.6 is 0 Å². The van der Waals surface area contributed by atoms with E-state index in [1.165, 1.54) is 5.56 Å². The fourth-order valence-electron chi connectivity index (χ4n) is 2.96. The standard InChI is InChI=1S/C20H26N4O/c1-15(18-8-5-4-6-9-18)14-22-20(25)11-10-19-16(2)23-24(17(19)3)13-7-12-21/h4-6,8-9,15H,7,10-11,13-14H2,1-3H3,(H,22,25). The van der Waals surface area contributed by atoms with Crippen LogP contribution in [0, 0.1) is 25.2 Å². The fraction of sp³-hybridized carbons (Fsp3) is 0.450. The van der Waals surface area contributed by atoms with Crippen molar-refractivity contribution >= 4 is 5.91 Å². The highest BCUT2D eigenvalue weighted by molar-refractivity contribution is 5.76. The minimum absolute atomic E-state index is 0.0614. The zero-order chi connectivity index (χ0) is 18.2. The van der Waals surface area contributed by atoms with Crippen molar-refractivity contribution in [1.29, 1.82) is 5.26 Å². The Morgan fingerprint density at radius 1 is 1.32 bits per heavy atom. The molecule has 0 fully saturated rings. The number of nitrogens with one attached hydrogen (secondary N) is 1. The third-order valence-corrected chi connectivity index (χ3v) is 4.54. The molecule has 0 aliphatic carbocycles. The average Bonchev–Trinajstić information content (AvgIpc) is 2.90. The van der Waals surface area contributed by atoms with E-state index >= 15 is 0 Å². The van der Waals surface area contributed by atoms with E-state index < -0.39 is 0 Å². The van der Waals surface area contributed by atoms with E-state index in [-0.39, 0.29) is 5.91 Å². The number of aryl methyl sites for hydroxylation is 2. The van der Waals surface area contributed by atoms with E-state index in [0.717, 1.165) is 17.0 Å². The number of nitrogens with zero attached hydrogens (tertiary/aromatic N) is 3. The van der Waals surface area contributed by atoms with Gasteiger partial charge in [-0.1, -0.05) is 37.3 Å². The molecule has 1 heterocycles. The molecule has 25 heavy (non-hydrogen) atoms. The fourth-order valence-corrected chi connectivity index (χ4v) is 2.96. The van der Waals surface area contributed by atoms with Gasteiger partial charge in [0.05, 0.1) is 24.7 Å². The van der Waals surface area contributed by atoms with Gasteiger partial charge in [-0.3, -0.25) is 9.48 Å². The molecule has 0 spiro atoms. The van der Waals surface area contributed by atoms with Crippen molar-refractivity contribution in [3.8, 4) is 6.07 Å². The van der Waals surface area contributed by atoms with Gasteiger partial charge < -0.3 is 5.32 Å². The summed E-state index contributed by atoms with van der Waals surface area (Å²) in [6.45, 7) is 7.32. The lowest BCUT2D eigenvalue weighted by atomic mass is 10.0. The van der Waals surface area contributed by atoms with Crippen LogP contribution in [-0.2, 0) is 17.8 Å². The Hall–Kier alpha value is -2.61. The Morgan fingerprint density at radius 3 is 2.72 bits per heavy atom. The summed E-state index contributed by atoms with van der Waals surface area (Å²) < 4.78 is 1.86. The molecule has 1 aromatic carbocycles. The number of nitriles is 1. The number of amides is 1. The van der Waals surface area contributed by atoms with Crippen molar-refractivity contribution < 1.29 is 4.79 Å². The molecule has 1 unspecified atom stereocenters. The first-order valence-electron chi connectivity index (χ1n) is 8.74. The second-order valence-corrected chi connectivity index (χ2v) is 6.40. The number of hydrogen-bond acceptors (Lipinski definition) is 3. The van der Waals surface area contributed by atoms with Crippen molar-refractivity contribution in [3.63, 3.8) is 0 Å². The zero-order valence-corrected chi connectivity index (χ0v) is 15.2. The van der Waals surface area contributed by atoms with E-state index in [0.29, 0.717) is 38.3 Å². The molecule has 0 aliphatic rings. The predicted octanol–water partition coefficient (Wildman–Crippen LogP) is 3.27. The van der Waals surface area contributed by atoms with Crippen LogP contribution in [0.3, 0.4) is 0 Å². The maximum absolute atomic E-state index is 12.2. The molecule has 0 bridgehead atoms. The summed E-state index contributed by atoms with van der Waals surface area (Å²) >= 11 is 0. The number of rotatable bonds is 8. The Bertz CT molecular complexity index is 743. The molecular weight excluding hydrogens is 312 g/mol. The van der Waals surface area contributed by atoms with Crippen molar-refractivity contribution in [2.75, 3.05) is 6.54 Å². The molecule has 2 aromatic rings. The molecule has 132 valence electrons. The molecule has 0 saturated heterocycles. The molecule has 2 rings (SSSR count). The topological polar surface area (TPSA) is 70.7 Å². The third kappa shape index (κ3) is 5.18. The molecule has 0 saturated carbocycles. The van der Waals surface area contributed by atoms with E-state index in [1.807, 2.05) is 36.7 Å². The van der Waals surface area contributed by atoms with Gasteiger partial charge in [0.2, 0.25) is 5.91 Å². The van der Waals surface area contributed by atoms with Gasteiger partial charge in [-0.2, -0.15) is 10.4 Å². The van der Waals surface area contributed by atoms with Crippen molar-refractivity contribution in [2.24, 2.45) is 0 Å². The van der Waals surface area contributed by atoms with Crippen LogP contribution < -0.4 is 5.32 Å². The summed E-state index contributed by atoms with van der Waals surface area (Å²) in [6, 6.07) is 12.3. The van der Waals surface area contributed by atoms with E-state index in [9.17, 15) is 4.79 Å². The normalized spacial score (nSPS) is 11.8. The minimum atomic E-state index is 0.0614. The molecule has 1 aromatic heterocycles. The molecule has 1 atom stereocenters. The lowest BCUT2D eigenvalue weighted by Gasteiger charge is -2.13. The van der Waals surface area contributed by atoms with Crippen LogP contribution in [0.25, 0.3) is 0 Å². The van der Waals surface area contributed by atoms with Crippen LogP contribution in [0.1, 0.15) is 48.2 Å². The van der Waals surface area contributed by atoms with Crippen molar-refractivity contribution in [3.05, 3.63) is 52.8 Å². The number of hydrogen-bond donors (Lipinski definition) is 1. The molecule has 0 aliphatic heterocycles. The molecule has 5 heteroatoms. The van der Waals surface area contributed by atoms with E-state index in [2.05, 4.69) is 35.5 Å². The number of benzene rings is 1. The predicted molar refractivity (Wildman–Crippen MR) is 98.1 cm³/mol. The summed E-state index contributed by atoms with van der Waals surface area (Å²) in [5.74, 6) is 0.355. The summed E-state index contributed by atoms with van der Waals surface area (Å²) in [6.07, 6.45) is 1.57. The number of carbonyl (C=O) groups is 1. The van der Waals surface area contributed by atoms with Gasteiger partial charge in [0.15, 0.2) is 0 Å². The van der Waals surface area contributed by atoms with Gasteiger partial charge in [-0.15, -0.1) is 0 Å². The Kier molecular flexibility index (Phi) is 6.76. The summed E-state index contributed by atoms with van der Waals surface area (Å²) in [7, 11) is 0. The van der Waals surface area contributed by atoms with E-state index in [1.54, 1.807) is 0 Å². The van der Waals surface area contributed by atoms with Gasteiger partial charge in [0.1, 0.15) is 0 Å². The highest BCUT2D eigenvalue weighted by atomic mass is 16.1. The maximum atomic E-state index is 12.2. The van der Waals surface area contributed by atoms with Gasteiger partial charge >= 0.3 is 0 Å². The van der Waals surface area contributed by atoms with Crippen LogP contribution in [0.2, 0.25) is 0 Å². The minimum Gasteiger partial charge on any atom is -0.355 e. The van der Waals surface area contributed by atoms with Crippen LogP contribution in [-0.4, -0.2) is 22.2 Å². The first-order valence-corrected chi connectivity index (χ1v) is 8.74. The van der Waals surface area contributed by atoms with Gasteiger partial charge in [-0.25, -0.2) is 0 Å². The Balaban J connectivity index is 1.84. The quantitative estimate of drug-likeness (QED) is 0.803. The largest absolute Gasteiger partial charge is 0.355 e. The monoisotopic (exact) mass is 338 g/mol. The molecule has 5 nitrogen and oxygen atoms in total. The zero-order valence-electron chi connectivity index (χ0n) is 15.2. The second-order valence-electron chi connectivity index (χ2n) is 6.40. The highest BCUT2D eigenvalue weighted by Crippen LogP contribution is 2.16. The lowest BCUT2D eigenvalue weighted by molar-refractivity contribution is -0.121. The lowest BCUT2D eigenvalue weighted by Crippen LogP contribution is -2.27. The number of carbonyl (C=O) groups excluding carboxylic acids is 1. The summed E-state index contributed by atoms with van der Waals surface area (Å²) in [4.78, 5) is 12.2. The maximum Gasteiger partial charge on any atom is 0.220 e. The number of aromatic nitrogens is 2. The Labute approximate surface area is 149 Å². The molecule has 0 radical (unpaired) electrons. The Morgan fingerprint density at radius 2 is 2.04 bits per heavy atom. The van der Waals surface area contributed by atoms with Crippen molar-refractivity contribution in [1.82, 2.24) is 15.1 Å². The van der Waals surface area contributed by atoms with Gasteiger partial charge in [-0.05, 0) is 37.3 Å². The second kappa shape index (κ2) is 9.03. The van der Waals surface area contributed by atoms with Gasteiger partial charge in [0.25, 0.3) is 0 Å². The van der Waals surface area contributed by atoms with Gasteiger partial charge in [0, 0.05) is 18.7 Å². The van der Waals surface area contributed by atoms with E-state index in [4.69, 9.17) is 5.26 Å². The smallest absolute Gasteiger partial charge is 0.220 e.